The topological polar surface area (TPSA) is 111 Å². The quantitative estimate of drug-likeness (QED) is 0.277. The molecule has 11 heteroatoms. The Bertz CT molecular complexity index is 1460. The van der Waals surface area contributed by atoms with E-state index in [1.807, 2.05) is 51.1 Å². The molecule has 0 saturated carbocycles. The molecule has 1 fully saturated rings. The highest BCUT2D eigenvalue weighted by atomic mass is 32.2. The molecule has 0 aliphatic carbocycles. The highest BCUT2D eigenvalue weighted by Crippen LogP contribution is 2.40. The molecule has 228 valence electrons. The van der Waals surface area contributed by atoms with Gasteiger partial charge in [0, 0.05) is 29.5 Å². The predicted octanol–water partition coefficient (Wildman–Crippen LogP) is 4.04. The van der Waals surface area contributed by atoms with Crippen LogP contribution in [-0.2, 0) is 29.1 Å². The van der Waals surface area contributed by atoms with Crippen molar-refractivity contribution in [2.24, 2.45) is 0 Å². The van der Waals surface area contributed by atoms with Gasteiger partial charge in [-0.2, -0.15) is 0 Å². The second kappa shape index (κ2) is 14.0. The van der Waals surface area contributed by atoms with Gasteiger partial charge in [0.1, 0.15) is 17.7 Å². The summed E-state index contributed by atoms with van der Waals surface area (Å²) in [5.74, 6) is -2.40. The van der Waals surface area contributed by atoms with Gasteiger partial charge < -0.3 is 26.0 Å². The molecule has 0 bridgehead atoms. The number of carbonyl (C=O) groups is 3. The van der Waals surface area contributed by atoms with Crippen molar-refractivity contribution in [3.05, 3.63) is 107 Å². The summed E-state index contributed by atoms with van der Waals surface area (Å²) in [6, 6.07) is 17.0. The monoisotopic (exact) mass is 610 g/mol. The largest absolute Gasteiger partial charge is 0.381 e. The average Bonchev–Trinajstić information content (AvgIpc) is 3.30. The number of aliphatic hydroxyl groups excluding tert-OH is 1. The van der Waals surface area contributed by atoms with Crippen LogP contribution in [0.15, 0.2) is 72.8 Å². The number of halogens is 2. The Morgan fingerprint density at radius 1 is 0.977 bits per heavy atom. The number of carbonyl (C=O) groups excluding carboxylic acids is 3. The minimum atomic E-state index is -1.69. The molecule has 4 rings (SSSR count). The molecular weight excluding hydrogens is 574 g/mol. The lowest BCUT2D eigenvalue weighted by Crippen LogP contribution is -2.59. The SMILES string of the molecule is Cc1ccccc1CNC(=O)[C@H]1N(C(=O)[C@@H](O)[C@H](Cc2ccccc2)NC(=O)NCc2ccc(F)cc2F)CSC1(C)C. The third-order valence-electron chi connectivity index (χ3n) is 7.50. The van der Waals surface area contributed by atoms with Gasteiger partial charge in [0.05, 0.1) is 11.9 Å². The van der Waals surface area contributed by atoms with Crippen molar-refractivity contribution < 1.29 is 28.3 Å². The number of aryl methyl sites for hydroxylation is 1. The zero-order valence-corrected chi connectivity index (χ0v) is 25.1. The van der Waals surface area contributed by atoms with Crippen LogP contribution in [0.25, 0.3) is 0 Å². The fourth-order valence-corrected chi connectivity index (χ4v) is 6.15. The number of hydrogen-bond donors (Lipinski definition) is 4. The maximum atomic E-state index is 14.1. The fraction of sp³-hybridized carbons (Fsp3) is 0.344. The second-order valence-corrected chi connectivity index (χ2v) is 12.6. The summed E-state index contributed by atoms with van der Waals surface area (Å²) < 4.78 is 26.7. The van der Waals surface area contributed by atoms with E-state index in [9.17, 15) is 28.3 Å². The van der Waals surface area contributed by atoms with Crippen LogP contribution in [0.5, 0.6) is 0 Å². The van der Waals surface area contributed by atoms with Crippen LogP contribution in [0.2, 0.25) is 0 Å². The van der Waals surface area contributed by atoms with E-state index in [0.717, 1.165) is 28.8 Å². The van der Waals surface area contributed by atoms with E-state index >= 15 is 0 Å². The number of urea groups is 1. The first kappa shape index (κ1) is 32.0. The first-order chi connectivity index (χ1) is 20.5. The minimum Gasteiger partial charge on any atom is -0.381 e. The van der Waals surface area contributed by atoms with Crippen molar-refractivity contribution in [1.29, 1.82) is 0 Å². The van der Waals surface area contributed by atoms with E-state index in [2.05, 4.69) is 16.0 Å². The smallest absolute Gasteiger partial charge is 0.315 e. The number of benzene rings is 3. The Kier molecular flexibility index (Phi) is 10.4. The zero-order valence-electron chi connectivity index (χ0n) is 24.3. The van der Waals surface area contributed by atoms with Crippen LogP contribution in [-0.4, -0.2) is 56.7 Å². The Labute approximate surface area is 254 Å². The highest BCUT2D eigenvalue weighted by Gasteiger charge is 2.49. The molecule has 3 atom stereocenters. The summed E-state index contributed by atoms with van der Waals surface area (Å²) in [6.07, 6.45) is -1.57. The molecule has 43 heavy (non-hydrogen) atoms. The van der Waals surface area contributed by atoms with Crippen LogP contribution >= 0.6 is 11.8 Å². The van der Waals surface area contributed by atoms with Crippen molar-refractivity contribution in [3.8, 4) is 0 Å². The van der Waals surface area contributed by atoms with Crippen LogP contribution < -0.4 is 16.0 Å². The van der Waals surface area contributed by atoms with Gasteiger partial charge in [0.15, 0.2) is 6.10 Å². The molecule has 4 amide bonds. The normalized spacial score (nSPS) is 17.2. The van der Waals surface area contributed by atoms with Gasteiger partial charge in [0.2, 0.25) is 5.91 Å². The number of hydrogen-bond acceptors (Lipinski definition) is 5. The van der Waals surface area contributed by atoms with Gasteiger partial charge in [-0.3, -0.25) is 9.59 Å². The van der Waals surface area contributed by atoms with Gasteiger partial charge in [-0.05, 0) is 49.9 Å². The highest BCUT2D eigenvalue weighted by molar-refractivity contribution is 8.00. The third-order valence-corrected chi connectivity index (χ3v) is 8.87. The number of amides is 4. The first-order valence-corrected chi connectivity index (χ1v) is 14.9. The van der Waals surface area contributed by atoms with Gasteiger partial charge in [-0.1, -0.05) is 60.7 Å². The van der Waals surface area contributed by atoms with Crippen LogP contribution in [0, 0.1) is 18.6 Å². The van der Waals surface area contributed by atoms with Gasteiger partial charge in [0.25, 0.3) is 5.91 Å². The third kappa shape index (κ3) is 8.11. The Hall–Kier alpha value is -3.96. The summed E-state index contributed by atoms with van der Waals surface area (Å²) in [5, 5.41) is 19.4. The maximum absolute atomic E-state index is 14.1. The Morgan fingerprint density at radius 2 is 1.65 bits per heavy atom. The number of aliphatic hydroxyl groups is 1. The van der Waals surface area contributed by atoms with Gasteiger partial charge in [-0.25, -0.2) is 13.6 Å². The lowest BCUT2D eigenvalue weighted by atomic mass is 9.97. The number of rotatable bonds is 10. The molecule has 1 aliphatic rings. The summed E-state index contributed by atoms with van der Waals surface area (Å²) in [7, 11) is 0. The van der Waals surface area contributed by atoms with E-state index in [1.165, 1.54) is 22.7 Å². The van der Waals surface area contributed by atoms with E-state index in [1.54, 1.807) is 24.3 Å². The summed E-state index contributed by atoms with van der Waals surface area (Å²) >= 11 is 1.42. The Morgan fingerprint density at radius 3 is 2.35 bits per heavy atom. The summed E-state index contributed by atoms with van der Waals surface area (Å²) in [5.41, 5.74) is 2.81. The Balaban J connectivity index is 1.48. The van der Waals surface area contributed by atoms with Crippen LogP contribution in [0.3, 0.4) is 0 Å². The van der Waals surface area contributed by atoms with Gasteiger partial charge in [-0.15, -0.1) is 11.8 Å². The summed E-state index contributed by atoms with van der Waals surface area (Å²) in [6.45, 7) is 5.75. The van der Waals surface area contributed by atoms with Crippen molar-refractivity contribution >= 4 is 29.6 Å². The van der Waals surface area contributed by atoms with Crippen LogP contribution in [0.1, 0.15) is 36.1 Å². The molecule has 1 saturated heterocycles. The predicted molar refractivity (Wildman–Crippen MR) is 162 cm³/mol. The van der Waals surface area contributed by atoms with E-state index in [4.69, 9.17) is 0 Å². The molecule has 1 aliphatic heterocycles. The van der Waals surface area contributed by atoms with Crippen molar-refractivity contribution in [3.63, 3.8) is 0 Å². The van der Waals surface area contributed by atoms with E-state index < -0.39 is 46.5 Å². The first-order valence-electron chi connectivity index (χ1n) is 13.9. The lowest BCUT2D eigenvalue weighted by molar-refractivity contribution is -0.147. The molecule has 0 spiro atoms. The number of nitrogens with one attached hydrogen (secondary N) is 3. The molecule has 8 nitrogen and oxygen atoms in total. The lowest BCUT2D eigenvalue weighted by Gasteiger charge is -2.33. The molecule has 1 heterocycles. The fourth-order valence-electron chi connectivity index (χ4n) is 5.01. The molecule has 3 aromatic carbocycles. The minimum absolute atomic E-state index is 0.0728. The second-order valence-electron chi connectivity index (χ2n) is 11.0. The van der Waals surface area contributed by atoms with Crippen molar-refractivity contribution in [2.75, 3.05) is 5.88 Å². The van der Waals surface area contributed by atoms with E-state index in [0.29, 0.717) is 6.54 Å². The van der Waals surface area contributed by atoms with Crippen molar-refractivity contribution in [2.45, 2.75) is 63.2 Å². The molecule has 0 aromatic heterocycles. The van der Waals surface area contributed by atoms with E-state index in [-0.39, 0.29) is 30.3 Å². The molecule has 0 radical (unpaired) electrons. The van der Waals surface area contributed by atoms with Gasteiger partial charge >= 0.3 is 6.03 Å². The number of nitrogens with zero attached hydrogens (tertiary/aromatic N) is 1. The molecule has 3 aromatic rings. The molecule has 4 N–H and O–H groups in total. The summed E-state index contributed by atoms with van der Waals surface area (Å²) in [4.78, 5) is 41.4. The van der Waals surface area contributed by atoms with Crippen LogP contribution in [0.4, 0.5) is 13.6 Å². The molecule has 0 unspecified atom stereocenters. The molecular formula is C32H36F2N4O4S. The number of thioether (sulfide) groups is 1. The maximum Gasteiger partial charge on any atom is 0.315 e. The average molecular weight is 611 g/mol. The zero-order chi connectivity index (χ0) is 31.1. The standard InChI is InChI=1S/C32H36F2N4O4S/c1-20-9-7-8-12-22(20)17-35-29(40)28-32(2,3)43-19-38(28)30(41)27(39)26(15-21-10-5-4-6-11-21)37-31(42)36-18-23-13-14-24(33)16-25(23)34/h4-14,16,26-28,39H,15,17-19H2,1-3H3,(H,35,40)(H2,36,37,42)/t26-,27-,28+/m0/s1. The van der Waals surface area contributed by atoms with Crippen molar-refractivity contribution in [1.82, 2.24) is 20.9 Å².